The third-order valence-corrected chi connectivity index (χ3v) is 4.79. The average Bonchev–Trinajstić information content (AvgIpc) is 2.58. The molecular formula is C20H26ClN3OS. The van der Waals surface area contributed by atoms with Crippen molar-refractivity contribution in [3.8, 4) is 5.75 Å². The molecule has 0 spiro atoms. The number of nitrogens with zero attached hydrogens (tertiary/aromatic N) is 1. The summed E-state index contributed by atoms with van der Waals surface area (Å²) < 4.78 is 5.50. The van der Waals surface area contributed by atoms with E-state index in [-0.39, 0.29) is 6.04 Å². The number of hydrogen-bond donors (Lipinski definition) is 2. The first-order valence-electron chi connectivity index (χ1n) is 8.44. The van der Waals surface area contributed by atoms with Gasteiger partial charge in [-0.3, -0.25) is 0 Å². The van der Waals surface area contributed by atoms with Crippen LogP contribution in [0.2, 0.25) is 5.02 Å². The van der Waals surface area contributed by atoms with Crippen LogP contribution in [0.4, 0.5) is 5.69 Å². The van der Waals surface area contributed by atoms with Gasteiger partial charge in [-0.1, -0.05) is 35.9 Å². The van der Waals surface area contributed by atoms with Gasteiger partial charge in [-0.05, 0) is 63.4 Å². The summed E-state index contributed by atoms with van der Waals surface area (Å²) in [5, 5.41) is 7.72. The van der Waals surface area contributed by atoms with Gasteiger partial charge in [0, 0.05) is 12.1 Å². The lowest BCUT2D eigenvalue weighted by Gasteiger charge is -2.27. The highest BCUT2D eigenvalue weighted by atomic mass is 35.5. The second-order valence-corrected chi connectivity index (χ2v) is 7.31. The lowest BCUT2D eigenvalue weighted by Crippen LogP contribution is -2.37. The summed E-state index contributed by atoms with van der Waals surface area (Å²) in [7, 11) is 5.76. The molecule has 4 nitrogen and oxygen atoms in total. The van der Waals surface area contributed by atoms with E-state index in [4.69, 9.17) is 28.6 Å². The highest BCUT2D eigenvalue weighted by Crippen LogP contribution is 2.28. The molecule has 0 heterocycles. The molecule has 6 heteroatoms. The molecule has 0 aromatic heterocycles. The van der Waals surface area contributed by atoms with E-state index in [2.05, 4.69) is 27.7 Å². The van der Waals surface area contributed by atoms with E-state index in [9.17, 15) is 0 Å². The van der Waals surface area contributed by atoms with E-state index in [1.54, 1.807) is 7.11 Å². The number of halogens is 1. The van der Waals surface area contributed by atoms with Gasteiger partial charge in [0.2, 0.25) is 0 Å². The monoisotopic (exact) mass is 391 g/mol. The second kappa shape index (κ2) is 9.21. The smallest absolute Gasteiger partial charge is 0.170 e. The molecular weight excluding hydrogens is 366 g/mol. The topological polar surface area (TPSA) is 36.5 Å². The molecule has 0 unspecified atom stereocenters. The normalized spacial score (nSPS) is 12.0. The largest absolute Gasteiger partial charge is 0.496 e. The number of thiocarbonyl (C=S) groups is 1. The van der Waals surface area contributed by atoms with Gasteiger partial charge in [-0.2, -0.15) is 0 Å². The van der Waals surface area contributed by atoms with E-state index < -0.39 is 0 Å². The number of nitrogens with one attached hydrogen (secondary N) is 2. The van der Waals surface area contributed by atoms with Crippen LogP contribution in [0.15, 0.2) is 36.4 Å². The average molecular weight is 392 g/mol. The summed E-state index contributed by atoms with van der Waals surface area (Å²) in [4.78, 5) is 2.14. The Morgan fingerprint density at radius 1 is 1.23 bits per heavy atom. The third-order valence-electron chi connectivity index (χ3n) is 4.25. The molecule has 0 radical (unpaired) electrons. The molecule has 0 fully saturated rings. The van der Waals surface area contributed by atoms with Gasteiger partial charge in [0.1, 0.15) is 5.75 Å². The van der Waals surface area contributed by atoms with Crippen molar-refractivity contribution in [2.75, 3.05) is 33.1 Å². The quantitative estimate of drug-likeness (QED) is 0.706. The van der Waals surface area contributed by atoms with E-state index in [0.29, 0.717) is 16.7 Å². The minimum absolute atomic E-state index is 0.112. The summed E-state index contributed by atoms with van der Waals surface area (Å²) >= 11 is 11.8. The van der Waals surface area contributed by atoms with Crippen LogP contribution < -0.4 is 15.4 Å². The Morgan fingerprint density at radius 2 is 1.92 bits per heavy atom. The van der Waals surface area contributed by atoms with E-state index in [0.717, 1.165) is 28.1 Å². The van der Waals surface area contributed by atoms with Gasteiger partial charge in [-0.25, -0.2) is 0 Å². The maximum atomic E-state index is 6.35. The highest BCUT2D eigenvalue weighted by Gasteiger charge is 2.18. The number of para-hydroxylation sites is 1. The lowest BCUT2D eigenvalue weighted by atomic mass is 10.0. The van der Waals surface area contributed by atoms with E-state index >= 15 is 0 Å². The maximum absolute atomic E-state index is 6.35. The Morgan fingerprint density at radius 3 is 2.54 bits per heavy atom. The van der Waals surface area contributed by atoms with Crippen LogP contribution in [0.5, 0.6) is 5.75 Å². The summed E-state index contributed by atoms with van der Waals surface area (Å²) in [6, 6.07) is 12.1. The summed E-state index contributed by atoms with van der Waals surface area (Å²) in [5.41, 5.74) is 4.14. The number of aryl methyl sites for hydroxylation is 2. The highest BCUT2D eigenvalue weighted by molar-refractivity contribution is 7.80. The first kappa shape index (κ1) is 20.5. The first-order chi connectivity index (χ1) is 12.3. The molecule has 0 saturated carbocycles. The van der Waals surface area contributed by atoms with Gasteiger partial charge in [0.15, 0.2) is 5.11 Å². The van der Waals surface area contributed by atoms with E-state index in [1.807, 2.05) is 52.2 Å². The number of anilines is 1. The lowest BCUT2D eigenvalue weighted by molar-refractivity contribution is 0.288. The zero-order chi connectivity index (χ0) is 19.3. The first-order valence-corrected chi connectivity index (χ1v) is 9.23. The van der Waals surface area contributed by atoms with Crippen molar-refractivity contribution in [2.24, 2.45) is 0 Å². The number of methoxy groups -OCH3 is 1. The SMILES string of the molecule is COc1ccccc1[C@@H](CNC(=S)Nc1c(C)cc(C)cc1Cl)N(C)C. The van der Waals surface area contributed by atoms with Crippen LogP contribution in [0.25, 0.3) is 0 Å². The Balaban J connectivity index is 2.09. The van der Waals surface area contributed by atoms with Crippen LogP contribution in [-0.2, 0) is 0 Å². The molecule has 2 rings (SSSR count). The molecule has 0 aliphatic heterocycles. The fourth-order valence-corrected chi connectivity index (χ4v) is 3.49. The van der Waals surface area contributed by atoms with Gasteiger partial charge in [0.25, 0.3) is 0 Å². The summed E-state index contributed by atoms with van der Waals surface area (Å²) in [6.07, 6.45) is 0. The Hall–Kier alpha value is -1.82. The van der Waals surface area contributed by atoms with Crippen molar-refractivity contribution in [1.82, 2.24) is 10.2 Å². The fourth-order valence-electron chi connectivity index (χ4n) is 2.93. The number of likely N-dealkylation sites (N-methyl/N-ethyl adjacent to an activating group) is 1. The van der Waals surface area contributed by atoms with Crippen LogP contribution in [0.3, 0.4) is 0 Å². The predicted molar refractivity (Wildman–Crippen MR) is 115 cm³/mol. The zero-order valence-electron chi connectivity index (χ0n) is 15.9. The third kappa shape index (κ3) is 5.10. The number of rotatable bonds is 6. The minimum Gasteiger partial charge on any atom is -0.496 e. The fraction of sp³-hybridized carbons (Fsp3) is 0.350. The van der Waals surface area contributed by atoms with Crippen molar-refractivity contribution < 1.29 is 4.74 Å². The van der Waals surface area contributed by atoms with Gasteiger partial charge in [-0.15, -0.1) is 0 Å². The number of benzene rings is 2. The molecule has 0 saturated heterocycles. The van der Waals surface area contributed by atoms with Crippen molar-refractivity contribution in [3.63, 3.8) is 0 Å². The Bertz CT molecular complexity index is 756. The molecule has 2 aromatic rings. The molecule has 2 aromatic carbocycles. The zero-order valence-corrected chi connectivity index (χ0v) is 17.5. The summed E-state index contributed by atoms with van der Waals surface area (Å²) in [6.45, 7) is 4.68. The van der Waals surface area contributed by atoms with Crippen molar-refractivity contribution in [1.29, 1.82) is 0 Å². The molecule has 2 N–H and O–H groups in total. The Kier molecular flexibility index (Phi) is 7.26. The number of hydrogen-bond acceptors (Lipinski definition) is 3. The number of ether oxygens (including phenoxy) is 1. The maximum Gasteiger partial charge on any atom is 0.170 e. The van der Waals surface area contributed by atoms with E-state index in [1.165, 1.54) is 0 Å². The second-order valence-electron chi connectivity index (χ2n) is 6.50. The van der Waals surface area contributed by atoms with Gasteiger partial charge < -0.3 is 20.3 Å². The molecule has 26 heavy (non-hydrogen) atoms. The van der Waals surface area contributed by atoms with Crippen molar-refractivity contribution in [3.05, 3.63) is 58.1 Å². The molecule has 0 aliphatic carbocycles. The molecule has 1 atom stereocenters. The van der Waals surface area contributed by atoms with Crippen molar-refractivity contribution >= 4 is 34.6 Å². The molecule has 140 valence electrons. The van der Waals surface area contributed by atoms with Crippen LogP contribution in [0, 0.1) is 13.8 Å². The van der Waals surface area contributed by atoms with Gasteiger partial charge in [0.05, 0.1) is 23.9 Å². The predicted octanol–water partition coefficient (Wildman–Crippen LogP) is 4.55. The molecule has 0 amide bonds. The van der Waals surface area contributed by atoms with Crippen LogP contribution in [-0.4, -0.2) is 37.8 Å². The molecule has 0 bridgehead atoms. The van der Waals surface area contributed by atoms with Crippen LogP contribution in [0.1, 0.15) is 22.7 Å². The standard InChI is InChI=1S/C20H26ClN3OS/c1-13-10-14(2)19(16(21)11-13)23-20(26)22-12-17(24(3)4)15-8-6-7-9-18(15)25-5/h6-11,17H,12H2,1-5H3,(H2,22,23,26)/t17-/m1/s1. The van der Waals surface area contributed by atoms with Crippen LogP contribution >= 0.6 is 23.8 Å². The summed E-state index contributed by atoms with van der Waals surface area (Å²) in [5.74, 6) is 0.865. The minimum atomic E-state index is 0.112. The van der Waals surface area contributed by atoms with Gasteiger partial charge >= 0.3 is 0 Å². The Labute approximate surface area is 166 Å². The van der Waals surface area contributed by atoms with Crippen molar-refractivity contribution in [2.45, 2.75) is 19.9 Å². The molecule has 0 aliphatic rings.